The molecule has 0 atom stereocenters. The van der Waals surface area contributed by atoms with Crippen LogP contribution in [0.15, 0.2) is 59.3 Å². The number of benzene rings is 1. The fourth-order valence-corrected chi connectivity index (χ4v) is 3.58. The molecule has 0 radical (unpaired) electrons. The van der Waals surface area contributed by atoms with Gasteiger partial charge in [0.15, 0.2) is 0 Å². The second-order valence-corrected chi connectivity index (χ2v) is 6.87. The van der Waals surface area contributed by atoms with E-state index in [4.69, 9.17) is 4.42 Å². The van der Waals surface area contributed by atoms with Crippen molar-refractivity contribution >= 4 is 11.8 Å². The summed E-state index contributed by atoms with van der Waals surface area (Å²) in [4.78, 5) is 29.2. The molecule has 1 fully saturated rings. The van der Waals surface area contributed by atoms with E-state index in [9.17, 15) is 14.9 Å². The Morgan fingerprint density at radius 3 is 2.10 bits per heavy atom. The van der Waals surface area contributed by atoms with Crippen LogP contribution >= 0.6 is 0 Å². The summed E-state index contributed by atoms with van der Waals surface area (Å²) < 4.78 is 7.42. The van der Waals surface area contributed by atoms with Gasteiger partial charge in [-0.15, -0.1) is 0 Å². The molecule has 1 saturated heterocycles. The van der Waals surface area contributed by atoms with Crippen LogP contribution in [-0.2, 0) is 0 Å². The van der Waals surface area contributed by atoms with E-state index in [1.807, 2.05) is 30.3 Å². The second-order valence-electron chi connectivity index (χ2n) is 6.87. The Kier molecular flexibility index (Phi) is 4.92. The van der Waals surface area contributed by atoms with E-state index in [-0.39, 0.29) is 17.4 Å². The fourth-order valence-electron chi connectivity index (χ4n) is 3.58. The Balaban J connectivity index is 1.51. The first-order chi connectivity index (χ1) is 14.1. The minimum atomic E-state index is -0.243. The molecule has 1 aliphatic heterocycles. The molecule has 0 spiro atoms. The van der Waals surface area contributed by atoms with Gasteiger partial charge >= 0.3 is 0 Å². The number of carbonyl (C=O) groups excluding carboxylic acids is 2. The first-order valence-corrected chi connectivity index (χ1v) is 9.40. The summed E-state index contributed by atoms with van der Waals surface area (Å²) >= 11 is 0. The van der Waals surface area contributed by atoms with Crippen molar-refractivity contribution in [3.8, 4) is 12.0 Å². The summed E-state index contributed by atoms with van der Waals surface area (Å²) in [6, 6.07) is 14.9. The number of piperazine rings is 1. The molecular weight excluding hydrogens is 368 g/mol. The van der Waals surface area contributed by atoms with E-state index in [1.165, 1.54) is 0 Å². The molecule has 0 N–H and O–H groups in total. The lowest BCUT2D eigenvalue weighted by Crippen LogP contribution is -2.50. The molecule has 3 aromatic rings. The third-order valence-electron chi connectivity index (χ3n) is 5.11. The Morgan fingerprint density at radius 2 is 1.52 bits per heavy atom. The van der Waals surface area contributed by atoms with Gasteiger partial charge in [-0.1, -0.05) is 18.2 Å². The molecule has 2 amide bonds. The van der Waals surface area contributed by atoms with Crippen molar-refractivity contribution in [1.82, 2.24) is 14.4 Å². The highest BCUT2D eigenvalue weighted by Crippen LogP contribution is 2.27. The highest BCUT2D eigenvalue weighted by Gasteiger charge is 2.31. The third kappa shape index (κ3) is 3.41. The summed E-state index contributed by atoms with van der Waals surface area (Å²) in [6.07, 6.45) is 3.53. The molecule has 0 saturated carbocycles. The predicted molar refractivity (Wildman–Crippen MR) is 106 cm³/mol. The zero-order valence-corrected chi connectivity index (χ0v) is 16.0. The Labute approximate surface area is 168 Å². The number of aryl methyl sites for hydroxylation is 1. The van der Waals surface area contributed by atoms with Crippen molar-refractivity contribution in [3.05, 3.63) is 77.3 Å². The average molecular weight is 388 g/mol. The Hall–Kier alpha value is -3.79. The standard InChI is InChI=1S/C22H20N4O3/c1-16-19(18(15-23)22(29-16)26-9-5-6-10-26)21(28)25-13-11-24(12-14-25)20(27)17-7-3-2-4-8-17/h2-10H,11-14H2,1H3. The van der Waals surface area contributed by atoms with E-state index in [0.29, 0.717) is 49.0 Å². The SMILES string of the molecule is Cc1oc(-n2cccc2)c(C#N)c1C(=O)N1CCN(C(=O)c2ccccc2)CC1. The predicted octanol–water partition coefficient (Wildman–Crippen LogP) is 2.85. The lowest BCUT2D eigenvalue weighted by atomic mass is 10.1. The fraction of sp³-hybridized carbons (Fsp3) is 0.227. The molecule has 29 heavy (non-hydrogen) atoms. The van der Waals surface area contributed by atoms with Crippen LogP contribution < -0.4 is 0 Å². The van der Waals surface area contributed by atoms with E-state index in [1.54, 1.807) is 45.8 Å². The molecule has 3 heterocycles. The molecule has 1 aliphatic rings. The number of nitrogens with zero attached hydrogens (tertiary/aromatic N) is 4. The maximum Gasteiger partial charge on any atom is 0.258 e. The second kappa shape index (κ2) is 7.68. The van der Waals surface area contributed by atoms with Crippen LogP contribution in [0.4, 0.5) is 0 Å². The quantitative estimate of drug-likeness (QED) is 0.691. The Bertz CT molecular complexity index is 1070. The van der Waals surface area contributed by atoms with E-state index in [0.717, 1.165) is 0 Å². The number of rotatable bonds is 3. The first-order valence-electron chi connectivity index (χ1n) is 9.40. The molecule has 4 rings (SSSR count). The summed E-state index contributed by atoms with van der Waals surface area (Å²) in [5.74, 6) is 0.479. The van der Waals surface area contributed by atoms with Crippen LogP contribution in [0.1, 0.15) is 32.0 Å². The lowest BCUT2D eigenvalue weighted by molar-refractivity contribution is 0.0534. The topological polar surface area (TPSA) is 82.5 Å². The minimum Gasteiger partial charge on any atom is -0.443 e. The van der Waals surface area contributed by atoms with Crippen molar-refractivity contribution in [2.45, 2.75) is 6.92 Å². The molecule has 0 aliphatic carbocycles. The van der Waals surface area contributed by atoms with Gasteiger partial charge in [0.2, 0.25) is 5.88 Å². The molecule has 7 heteroatoms. The molecule has 2 aromatic heterocycles. The molecule has 0 unspecified atom stereocenters. The highest BCUT2D eigenvalue weighted by atomic mass is 16.4. The van der Waals surface area contributed by atoms with Gasteiger partial charge in [-0.2, -0.15) is 5.26 Å². The molecule has 7 nitrogen and oxygen atoms in total. The van der Waals surface area contributed by atoms with Crippen LogP contribution in [0.2, 0.25) is 0 Å². The number of hydrogen-bond donors (Lipinski definition) is 0. The van der Waals surface area contributed by atoms with Crippen molar-refractivity contribution in [3.63, 3.8) is 0 Å². The van der Waals surface area contributed by atoms with Crippen LogP contribution in [-0.4, -0.2) is 52.4 Å². The average Bonchev–Trinajstić information content (AvgIpc) is 3.41. The number of nitriles is 1. The monoisotopic (exact) mass is 388 g/mol. The van der Waals surface area contributed by atoms with Gasteiger partial charge < -0.3 is 14.2 Å². The summed E-state index contributed by atoms with van der Waals surface area (Å²) in [6.45, 7) is 3.40. The number of aromatic nitrogens is 1. The van der Waals surface area contributed by atoms with Crippen molar-refractivity contribution < 1.29 is 14.0 Å². The summed E-state index contributed by atoms with van der Waals surface area (Å²) in [5.41, 5.74) is 1.16. The number of furan rings is 1. The highest BCUT2D eigenvalue weighted by molar-refractivity contribution is 5.99. The van der Waals surface area contributed by atoms with Gasteiger partial charge in [0.05, 0.1) is 0 Å². The van der Waals surface area contributed by atoms with Gasteiger partial charge in [0.1, 0.15) is 23.0 Å². The van der Waals surface area contributed by atoms with Gasteiger partial charge in [0, 0.05) is 44.1 Å². The van der Waals surface area contributed by atoms with E-state index < -0.39 is 0 Å². The van der Waals surface area contributed by atoms with Crippen LogP contribution in [0.3, 0.4) is 0 Å². The molecule has 1 aromatic carbocycles. The number of hydrogen-bond acceptors (Lipinski definition) is 4. The lowest BCUT2D eigenvalue weighted by Gasteiger charge is -2.34. The summed E-state index contributed by atoms with van der Waals surface area (Å²) in [7, 11) is 0. The van der Waals surface area contributed by atoms with Crippen LogP contribution in [0.5, 0.6) is 0 Å². The van der Waals surface area contributed by atoms with E-state index >= 15 is 0 Å². The van der Waals surface area contributed by atoms with Gasteiger partial charge in [-0.05, 0) is 31.2 Å². The van der Waals surface area contributed by atoms with Crippen LogP contribution in [0.25, 0.3) is 5.88 Å². The third-order valence-corrected chi connectivity index (χ3v) is 5.11. The zero-order valence-electron chi connectivity index (χ0n) is 16.0. The minimum absolute atomic E-state index is 0.0372. The zero-order chi connectivity index (χ0) is 20.4. The smallest absolute Gasteiger partial charge is 0.258 e. The van der Waals surface area contributed by atoms with Crippen molar-refractivity contribution in [1.29, 1.82) is 5.26 Å². The maximum atomic E-state index is 13.1. The van der Waals surface area contributed by atoms with Crippen LogP contribution in [0, 0.1) is 18.3 Å². The molecule has 146 valence electrons. The maximum absolute atomic E-state index is 13.1. The van der Waals surface area contributed by atoms with Gasteiger partial charge in [0.25, 0.3) is 11.8 Å². The molecular formula is C22H20N4O3. The van der Waals surface area contributed by atoms with Gasteiger partial charge in [-0.25, -0.2) is 0 Å². The van der Waals surface area contributed by atoms with Crippen molar-refractivity contribution in [2.24, 2.45) is 0 Å². The first kappa shape index (κ1) is 18.6. The van der Waals surface area contributed by atoms with Gasteiger partial charge in [-0.3, -0.25) is 14.2 Å². The number of carbonyl (C=O) groups is 2. The number of amides is 2. The van der Waals surface area contributed by atoms with Crippen molar-refractivity contribution in [2.75, 3.05) is 26.2 Å². The van der Waals surface area contributed by atoms with E-state index in [2.05, 4.69) is 6.07 Å². The normalized spacial score (nSPS) is 13.9. The largest absolute Gasteiger partial charge is 0.443 e. The molecule has 0 bridgehead atoms. The summed E-state index contributed by atoms with van der Waals surface area (Å²) in [5, 5.41) is 9.65. The Morgan fingerprint density at radius 1 is 0.931 bits per heavy atom.